The molecular formula is C13H14ClNO5. The molecule has 1 aromatic carbocycles. The van der Waals surface area contributed by atoms with Crippen LogP contribution in [0.3, 0.4) is 0 Å². The second-order valence-electron chi connectivity index (χ2n) is 4.88. The van der Waals surface area contributed by atoms with Crippen LogP contribution in [0.2, 0.25) is 5.02 Å². The molecule has 0 saturated carbocycles. The summed E-state index contributed by atoms with van der Waals surface area (Å²) >= 11 is 6.09. The third-order valence-corrected chi connectivity index (χ3v) is 3.98. The van der Waals surface area contributed by atoms with E-state index in [4.69, 9.17) is 26.2 Å². The Morgan fingerprint density at radius 2 is 2.15 bits per heavy atom. The summed E-state index contributed by atoms with van der Waals surface area (Å²) in [7, 11) is 0. The topological polar surface area (TPSA) is 88.0 Å². The molecule has 2 aliphatic heterocycles. The third kappa shape index (κ3) is 2.14. The quantitative estimate of drug-likeness (QED) is 0.768. The molecule has 108 valence electrons. The van der Waals surface area contributed by atoms with Crippen LogP contribution in [-0.4, -0.2) is 35.9 Å². The fourth-order valence-electron chi connectivity index (χ4n) is 2.58. The van der Waals surface area contributed by atoms with Gasteiger partial charge in [0.05, 0.1) is 5.92 Å². The van der Waals surface area contributed by atoms with Gasteiger partial charge < -0.3 is 25.0 Å². The van der Waals surface area contributed by atoms with Crippen molar-refractivity contribution in [3.63, 3.8) is 0 Å². The number of ether oxygens (including phenoxy) is 2. The summed E-state index contributed by atoms with van der Waals surface area (Å²) in [5, 5.41) is 22.4. The molecule has 2 heterocycles. The number of fused-ring (bicyclic) bond motifs is 1. The fourth-order valence-corrected chi connectivity index (χ4v) is 2.84. The molecule has 0 radical (unpaired) electrons. The summed E-state index contributed by atoms with van der Waals surface area (Å²) in [5.41, 5.74) is 0.544. The zero-order valence-corrected chi connectivity index (χ0v) is 11.3. The number of aromatic hydroxyl groups is 1. The van der Waals surface area contributed by atoms with Crippen LogP contribution in [0.5, 0.6) is 17.2 Å². The SMILES string of the molecule is O=C(O)C1CNC(c2cc3c(c(Cl)c2O)OCCO3)C1. The standard InChI is InChI=1S/C13H14ClNO5/c14-10-11(16)7(4-9-12(10)20-2-1-19-9)8-3-6(5-15-8)13(17)18/h4,6,8,15-16H,1-3,5H2,(H,17,18). The lowest BCUT2D eigenvalue weighted by molar-refractivity contribution is -0.141. The van der Waals surface area contributed by atoms with E-state index in [0.29, 0.717) is 43.2 Å². The molecule has 0 spiro atoms. The first kappa shape index (κ1) is 13.3. The van der Waals surface area contributed by atoms with Crippen LogP contribution in [0, 0.1) is 5.92 Å². The molecule has 0 aliphatic carbocycles. The monoisotopic (exact) mass is 299 g/mol. The highest BCUT2D eigenvalue weighted by Gasteiger charge is 2.33. The van der Waals surface area contributed by atoms with Gasteiger partial charge in [-0.15, -0.1) is 0 Å². The van der Waals surface area contributed by atoms with Crippen LogP contribution in [0.4, 0.5) is 0 Å². The predicted molar refractivity (Wildman–Crippen MR) is 70.6 cm³/mol. The Morgan fingerprint density at radius 1 is 1.40 bits per heavy atom. The smallest absolute Gasteiger partial charge is 0.307 e. The third-order valence-electron chi connectivity index (χ3n) is 3.63. The van der Waals surface area contributed by atoms with Crippen LogP contribution in [0.15, 0.2) is 6.07 Å². The van der Waals surface area contributed by atoms with Gasteiger partial charge in [0.1, 0.15) is 24.0 Å². The first-order chi connectivity index (χ1) is 9.58. The number of halogens is 1. The zero-order chi connectivity index (χ0) is 14.3. The number of carboxylic acids is 1. The summed E-state index contributed by atoms with van der Waals surface area (Å²) in [4.78, 5) is 11.0. The van der Waals surface area contributed by atoms with Crippen molar-refractivity contribution in [2.45, 2.75) is 12.5 Å². The number of rotatable bonds is 2. The Morgan fingerprint density at radius 3 is 2.85 bits per heavy atom. The lowest BCUT2D eigenvalue weighted by Gasteiger charge is -2.23. The van der Waals surface area contributed by atoms with Gasteiger partial charge in [0.15, 0.2) is 11.5 Å². The molecule has 6 nitrogen and oxygen atoms in total. The molecule has 3 rings (SSSR count). The molecule has 2 atom stereocenters. The summed E-state index contributed by atoms with van der Waals surface area (Å²) in [6.07, 6.45) is 0.402. The van der Waals surface area contributed by atoms with Gasteiger partial charge >= 0.3 is 5.97 Å². The van der Waals surface area contributed by atoms with E-state index in [1.54, 1.807) is 6.07 Å². The largest absolute Gasteiger partial charge is 0.506 e. The molecule has 7 heteroatoms. The average molecular weight is 300 g/mol. The Labute approximate surface area is 120 Å². The maximum atomic E-state index is 11.0. The lowest BCUT2D eigenvalue weighted by Crippen LogP contribution is -2.18. The molecular weight excluding hydrogens is 286 g/mol. The second-order valence-corrected chi connectivity index (χ2v) is 5.26. The van der Waals surface area contributed by atoms with Crippen LogP contribution in [0.25, 0.3) is 0 Å². The summed E-state index contributed by atoms with van der Waals surface area (Å²) in [6.45, 7) is 1.17. The number of phenolic OH excluding ortho intramolecular Hbond substituents is 1. The predicted octanol–water partition coefficient (Wildman–Crippen LogP) is 1.55. The summed E-state index contributed by atoms with van der Waals surface area (Å²) in [5.74, 6) is -0.574. The van der Waals surface area contributed by atoms with E-state index in [-0.39, 0.29) is 16.8 Å². The number of phenols is 1. The molecule has 2 aliphatic rings. The molecule has 0 amide bonds. The van der Waals surface area contributed by atoms with Gasteiger partial charge in [-0.3, -0.25) is 4.79 Å². The number of hydrogen-bond donors (Lipinski definition) is 3. The van der Waals surface area contributed by atoms with E-state index >= 15 is 0 Å². The van der Waals surface area contributed by atoms with Gasteiger partial charge in [-0.05, 0) is 12.5 Å². The van der Waals surface area contributed by atoms with E-state index in [9.17, 15) is 9.90 Å². The number of hydrogen-bond acceptors (Lipinski definition) is 5. The minimum atomic E-state index is -0.844. The zero-order valence-electron chi connectivity index (χ0n) is 10.6. The molecule has 0 bridgehead atoms. The summed E-state index contributed by atoms with van der Waals surface area (Å²) in [6, 6.07) is 1.40. The Balaban J connectivity index is 1.94. The second kappa shape index (κ2) is 5.03. The number of aliphatic carboxylic acids is 1. The van der Waals surface area contributed by atoms with E-state index in [1.807, 2.05) is 0 Å². The van der Waals surface area contributed by atoms with Crippen LogP contribution >= 0.6 is 11.6 Å². The van der Waals surface area contributed by atoms with Crippen molar-refractivity contribution >= 4 is 17.6 Å². The van der Waals surface area contributed by atoms with E-state index in [1.165, 1.54) is 0 Å². The first-order valence-corrected chi connectivity index (χ1v) is 6.73. The fraction of sp³-hybridized carbons (Fsp3) is 0.462. The molecule has 1 fully saturated rings. The van der Waals surface area contributed by atoms with Crippen molar-refractivity contribution in [1.29, 1.82) is 0 Å². The Bertz CT molecular complexity index is 562. The average Bonchev–Trinajstić information content (AvgIpc) is 2.92. The molecule has 1 aromatic rings. The Kier molecular flexibility index (Phi) is 3.35. The van der Waals surface area contributed by atoms with Crippen molar-refractivity contribution in [1.82, 2.24) is 5.32 Å². The van der Waals surface area contributed by atoms with Crippen LogP contribution in [-0.2, 0) is 4.79 Å². The number of carbonyl (C=O) groups is 1. The van der Waals surface area contributed by atoms with Crippen molar-refractivity contribution in [2.75, 3.05) is 19.8 Å². The Hall–Kier alpha value is -1.66. The van der Waals surface area contributed by atoms with Crippen molar-refractivity contribution in [2.24, 2.45) is 5.92 Å². The van der Waals surface area contributed by atoms with Gasteiger partial charge in [-0.2, -0.15) is 0 Å². The van der Waals surface area contributed by atoms with Gasteiger partial charge in [0, 0.05) is 18.2 Å². The van der Waals surface area contributed by atoms with Crippen LogP contribution in [0.1, 0.15) is 18.0 Å². The molecule has 0 aromatic heterocycles. The number of benzene rings is 1. The summed E-state index contributed by atoms with van der Waals surface area (Å²) < 4.78 is 10.8. The normalized spacial score (nSPS) is 24.6. The highest BCUT2D eigenvalue weighted by molar-refractivity contribution is 6.34. The number of carboxylic acid groups (broad SMARTS) is 1. The first-order valence-electron chi connectivity index (χ1n) is 6.35. The van der Waals surface area contributed by atoms with Gasteiger partial charge in [-0.1, -0.05) is 11.6 Å². The van der Waals surface area contributed by atoms with Crippen molar-refractivity contribution in [3.8, 4) is 17.2 Å². The molecule has 3 N–H and O–H groups in total. The molecule has 1 saturated heterocycles. The lowest BCUT2D eigenvalue weighted by atomic mass is 9.98. The minimum absolute atomic E-state index is 0.0838. The van der Waals surface area contributed by atoms with Gasteiger partial charge in [0.2, 0.25) is 0 Å². The van der Waals surface area contributed by atoms with E-state index in [0.717, 1.165) is 0 Å². The van der Waals surface area contributed by atoms with Gasteiger partial charge in [-0.25, -0.2) is 0 Å². The molecule has 2 unspecified atom stereocenters. The number of nitrogens with one attached hydrogen (secondary N) is 1. The maximum Gasteiger partial charge on any atom is 0.307 e. The minimum Gasteiger partial charge on any atom is -0.506 e. The van der Waals surface area contributed by atoms with Crippen LogP contribution < -0.4 is 14.8 Å². The molecule has 20 heavy (non-hydrogen) atoms. The highest BCUT2D eigenvalue weighted by atomic mass is 35.5. The van der Waals surface area contributed by atoms with Gasteiger partial charge in [0.25, 0.3) is 0 Å². The maximum absolute atomic E-state index is 11.0. The van der Waals surface area contributed by atoms with E-state index < -0.39 is 11.9 Å². The van der Waals surface area contributed by atoms with Crippen molar-refractivity contribution < 1.29 is 24.5 Å². The highest BCUT2D eigenvalue weighted by Crippen LogP contribution is 2.48. The van der Waals surface area contributed by atoms with E-state index in [2.05, 4.69) is 5.32 Å². The van der Waals surface area contributed by atoms with Crippen molar-refractivity contribution in [3.05, 3.63) is 16.7 Å².